The molecule has 0 saturated heterocycles. The van der Waals surface area contributed by atoms with Gasteiger partial charge in [0, 0.05) is 11.7 Å². The molecule has 1 rings (SSSR count). The minimum Gasteiger partial charge on any atom is -0.310 e. The number of hydrogen-bond acceptors (Lipinski definition) is 2. The monoisotopic (exact) mass is 198 g/mol. The Hall–Kier alpha value is -0.600. The number of aryl methyl sites for hydroxylation is 1. The van der Waals surface area contributed by atoms with Gasteiger partial charge in [0.05, 0.1) is 0 Å². The van der Waals surface area contributed by atoms with Gasteiger partial charge < -0.3 is 5.32 Å². The smallest absolute Gasteiger partial charge is 0.129 e. The highest BCUT2D eigenvalue weighted by molar-refractivity contribution is 6.29. The van der Waals surface area contributed by atoms with Crippen molar-refractivity contribution in [3.05, 3.63) is 28.5 Å². The van der Waals surface area contributed by atoms with E-state index in [0.29, 0.717) is 11.2 Å². The standard InChI is InChI=1S/C10H15ClN2/c1-4-12-8(3)9-5-7(2)13-10(11)6-9/h5-6,8,12H,4H2,1-3H3. The highest BCUT2D eigenvalue weighted by Crippen LogP contribution is 2.16. The van der Waals surface area contributed by atoms with Gasteiger partial charge in [0.15, 0.2) is 0 Å². The van der Waals surface area contributed by atoms with Gasteiger partial charge in [0.25, 0.3) is 0 Å². The highest BCUT2D eigenvalue weighted by atomic mass is 35.5. The summed E-state index contributed by atoms with van der Waals surface area (Å²) in [6.07, 6.45) is 0. The lowest BCUT2D eigenvalue weighted by molar-refractivity contribution is 0.597. The van der Waals surface area contributed by atoms with Gasteiger partial charge in [0.2, 0.25) is 0 Å². The lowest BCUT2D eigenvalue weighted by Gasteiger charge is -2.13. The van der Waals surface area contributed by atoms with Gasteiger partial charge in [-0.3, -0.25) is 0 Å². The largest absolute Gasteiger partial charge is 0.310 e. The zero-order valence-corrected chi connectivity index (χ0v) is 9.02. The van der Waals surface area contributed by atoms with E-state index in [0.717, 1.165) is 12.2 Å². The second kappa shape index (κ2) is 4.58. The molecule has 1 unspecified atom stereocenters. The van der Waals surface area contributed by atoms with Crippen molar-refractivity contribution < 1.29 is 0 Å². The summed E-state index contributed by atoms with van der Waals surface area (Å²) < 4.78 is 0. The minimum atomic E-state index is 0.337. The molecule has 1 aromatic rings. The van der Waals surface area contributed by atoms with E-state index < -0.39 is 0 Å². The average Bonchev–Trinajstić information content (AvgIpc) is 2.03. The molecule has 13 heavy (non-hydrogen) atoms. The fourth-order valence-corrected chi connectivity index (χ4v) is 1.59. The number of aromatic nitrogens is 1. The van der Waals surface area contributed by atoms with Crippen molar-refractivity contribution in [1.29, 1.82) is 0 Å². The summed E-state index contributed by atoms with van der Waals surface area (Å²) in [4.78, 5) is 4.11. The normalized spacial score (nSPS) is 12.9. The molecule has 0 aliphatic rings. The van der Waals surface area contributed by atoms with E-state index in [4.69, 9.17) is 11.6 Å². The fraction of sp³-hybridized carbons (Fsp3) is 0.500. The molecule has 2 nitrogen and oxygen atoms in total. The molecule has 0 radical (unpaired) electrons. The van der Waals surface area contributed by atoms with Gasteiger partial charge >= 0.3 is 0 Å². The Labute approximate surface area is 84.3 Å². The summed E-state index contributed by atoms with van der Waals surface area (Å²) in [6, 6.07) is 4.30. The maximum atomic E-state index is 5.86. The number of pyridine rings is 1. The second-order valence-corrected chi connectivity index (χ2v) is 3.53. The van der Waals surface area contributed by atoms with Crippen molar-refractivity contribution in [2.24, 2.45) is 0 Å². The molecule has 1 heterocycles. The Morgan fingerprint density at radius 3 is 2.77 bits per heavy atom. The number of halogens is 1. The number of rotatable bonds is 3. The first-order valence-corrected chi connectivity index (χ1v) is 4.88. The maximum Gasteiger partial charge on any atom is 0.129 e. The highest BCUT2D eigenvalue weighted by Gasteiger charge is 2.05. The number of nitrogens with one attached hydrogen (secondary N) is 1. The Kier molecular flexibility index (Phi) is 3.70. The summed E-state index contributed by atoms with van der Waals surface area (Å²) in [5.41, 5.74) is 2.16. The molecule has 0 fully saturated rings. The second-order valence-electron chi connectivity index (χ2n) is 3.14. The summed E-state index contributed by atoms with van der Waals surface area (Å²) in [6.45, 7) is 7.12. The third-order valence-corrected chi connectivity index (χ3v) is 2.15. The van der Waals surface area contributed by atoms with Crippen molar-refractivity contribution in [3.63, 3.8) is 0 Å². The average molecular weight is 199 g/mol. The SMILES string of the molecule is CCNC(C)c1cc(C)nc(Cl)c1. The number of nitrogens with zero attached hydrogens (tertiary/aromatic N) is 1. The van der Waals surface area contributed by atoms with E-state index in [1.807, 2.05) is 13.0 Å². The Bertz CT molecular complexity index is 266. The molecule has 1 aromatic heterocycles. The predicted octanol–water partition coefficient (Wildman–Crippen LogP) is 2.71. The first-order chi connectivity index (χ1) is 6.13. The van der Waals surface area contributed by atoms with Crippen LogP contribution in [0.4, 0.5) is 0 Å². The van der Waals surface area contributed by atoms with Gasteiger partial charge in [-0.05, 0) is 38.1 Å². The number of hydrogen-bond donors (Lipinski definition) is 1. The molecule has 72 valence electrons. The molecule has 1 atom stereocenters. The van der Waals surface area contributed by atoms with Gasteiger partial charge in [-0.2, -0.15) is 0 Å². The van der Waals surface area contributed by atoms with Crippen LogP contribution < -0.4 is 5.32 Å². The molecule has 0 aliphatic heterocycles. The van der Waals surface area contributed by atoms with Gasteiger partial charge in [0.1, 0.15) is 5.15 Å². The summed E-state index contributed by atoms with van der Waals surface area (Å²) in [5.74, 6) is 0. The molecular weight excluding hydrogens is 184 g/mol. The van der Waals surface area contributed by atoms with Crippen LogP contribution in [0, 0.1) is 6.92 Å². The molecular formula is C10H15ClN2. The van der Waals surface area contributed by atoms with Crippen LogP contribution in [0.3, 0.4) is 0 Å². The van der Waals surface area contributed by atoms with E-state index in [2.05, 4.69) is 30.2 Å². The van der Waals surface area contributed by atoms with Crippen LogP contribution in [0.2, 0.25) is 5.15 Å². The quantitative estimate of drug-likeness (QED) is 0.756. The molecule has 0 aliphatic carbocycles. The van der Waals surface area contributed by atoms with Gasteiger partial charge in [-0.15, -0.1) is 0 Å². The molecule has 0 aromatic carbocycles. The maximum absolute atomic E-state index is 5.86. The van der Waals surface area contributed by atoms with Crippen LogP contribution >= 0.6 is 11.6 Å². The third-order valence-electron chi connectivity index (χ3n) is 1.95. The van der Waals surface area contributed by atoms with E-state index in [9.17, 15) is 0 Å². The first-order valence-electron chi connectivity index (χ1n) is 4.51. The van der Waals surface area contributed by atoms with Crippen molar-refractivity contribution in [1.82, 2.24) is 10.3 Å². The lowest BCUT2D eigenvalue weighted by Crippen LogP contribution is -2.17. The van der Waals surface area contributed by atoms with Crippen molar-refractivity contribution >= 4 is 11.6 Å². The summed E-state index contributed by atoms with van der Waals surface area (Å²) in [5, 5.41) is 3.90. The Morgan fingerprint density at radius 1 is 1.54 bits per heavy atom. The molecule has 3 heteroatoms. The van der Waals surface area contributed by atoms with E-state index in [-0.39, 0.29) is 0 Å². The predicted molar refractivity (Wildman–Crippen MR) is 56.1 cm³/mol. The Morgan fingerprint density at radius 2 is 2.23 bits per heavy atom. The Balaban J connectivity index is 2.87. The van der Waals surface area contributed by atoms with Crippen LogP contribution in [0.25, 0.3) is 0 Å². The van der Waals surface area contributed by atoms with Gasteiger partial charge in [-0.25, -0.2) is 4.98 Å². The zero-order valence-electron chi connectivity index (χ0n) is 8.26. The molecule has 0 bridgehead atoms. The molecule has 0 amide bonds. The van der Waals surface area contributed by atoms with Crippen molar-refractivity contribution in [2.45, 2.75) is 26.8 Å². The summed E-state index contributed by atoms with van der Waals surface area (Å²) in [7, 11) is 0. The van der Waals surface area contributed by atoms with Crippen LogP contribution in [-0.4, -0.2) is 11.5 Å². The molecule has 0 spiro atoms. The van der Waals surface area contributed by atoms with Crippen molar-refractivity contribution in [3.8, 4) is 0 Å². The van der Waals surface area contributed by atoms with Crippen LogP contribution in [-0.2, 0) is 0 Å². The molecule has 0 saturated carbocycles. The minimum absolute atomic E-state index is 0.337. The van der Waals surface area contributed by atoms with Crippen molar-refractivity contribution in [2.75, 3.05) is 6.54 Å². The first kappa shape index (κ1) is 10.5. The molecule has 1 N–H and O–H groups in total. The third kappa shape index (κ3) is 2.98. The topological polar surface area (TPSA) is 24.9 Å². The van der Waals surface area contributed by atoms with Crippen LogP contribution in [0.5, 0.6) is 0 Å². The van der Waals surface area contributed by atoms with Crippen LogP contribution in [0.1, 0.15) is 31.1 Å². The van der Waals surface area contributed by atoms with E-state index in [1.165, 1.54) is 5.56 Å². The fourth-order valence-electron chi connectivity index (χ4n) is 1.33. The zero-order chi connectivity index (χ0) is 9.84. The van der Waals surface area contributed by atoms with E-state index >= 15 is 0 Å². The van der Waals surface area contributed by atoms with Gasteiger partial charge in [-0.1, -0.05) is 18.5 Å². The summed E-state index contributed by atoms with van der Waals surface area (Å²) >= 11 is 5.86. The van der Waals surface area contributed by atoms with Crippen LogP contribution in [0.15, 0.2) is 12.1 Å². The lowest BCUT2D eigenvalue weighted by atomic mass is 10.1. The van der Waals surface area contributed by atoms with E-state index in [1.54, 1.807) is 0 Å².